The van der Waals surface area contributed by atoms with Gasteiger partial charge in [-0.1, -0.05) is 62.2 Å². The third kappa shape index (κ3) is 8.13. The maximum atomic E-state index is 15.9. The second-order valence-electron chi connectivity index (χ2n) is 14.8. The normalized spacial score (nSPS) is 26.7. The molecule has 2 aromatic carbocycles. The molecule has 11 heteroatoms. The summed E-state index contributed by atoms with van der Waals surface area (Å²) in [5.74, 6) is -2.74. The van der Waals surface area contributed by atoms with Crippen molar-refractivity contribution in [2.24, 2.45) is 11.3 Å². The first-order valence-corrected chi connectivity index (χ1v) is 16.5. The molecule has 7 nitrogen and oxygen atoms in total. The molecule has 4 atom stereocenters. The Balaban J connectivity index is 1.64. The van der Waals surface area contributed by atoms with Crippen molar-refractivity contribution < 1.29 is 23.1 Å². The fourth-order valence-corrected chi connectivity index (χ4v) is 7.24. The predicted molar refractivity (Wildman–Crippen MR) is 176 cm³/mol. The van der Waals surface area contributed by atoms with Gasteiger partial charge in [-0.3, -0.25) is 4.79 Å². The zero-order chi connectivity index (χ0) is 34.0. The number of rotatable bonds is 7. The lowest BCUT2D eigenvalue weighted by molar-refractivity contribution is -0.124. The SMILES string of the molecule is CC(C)(C)CC1NC(C(=O)NC2CCC(CNC(=O)OC(C)(C)C)CC2)C(c2cccc(Cl)c2F)C1(C#N)c1ccc(Cl)cc1F. The molecule has 0 aromatic heterocycles. The third-order valence-corrected chi connectivity index (χ3v) is 9.39. The Kier molecular flexibility index (Phi) is 11.0. The summed E-state index contributed by atoms with van der Waals surface area (Å²) in [5.41, 5.74) is -2.50. The standard InChI is InChI=1S/C35H44Cl2F2N4O3/c1-33(2,3)17-27-35(19-40,24-15-12-21(36)16-26(24)38)28(23-8-7-9-25(37)29(23)39)30(43-27)31(44)42-22-13-10-20(11-14-22)18-41-32(45)46-34(4,5)6/h7-9,12,15-16,20,22,27-28,30,43H,10-11,13-14,17-18H2,1-6H3,(H,41,45)(H,42,44). The molecule has 2 aliphatic rings. The molecule has 0 spiro atoms. The molecule has 4 unspecified atom stereocenters. The zero-order valence-corrected chi connectivity index (χ0v) is 28.8. The Morgan fingerprint density at radius 3 is 2.33 bits per heavy atom. The maximum Gasteiger partial charge on any atom is 0.407 e. The number of ether oxygens (including phenoxy) is 1. The van der Waals surface area contributed by atoms with Gasteiger partial charge in [0.25, 0.3) is 0 Å². The van der Waals surface area contributed by atoms with E-state index < -0.39 is 52.7 Å². The molecule has 250 valence electrons. The van der Waals surface area contributed by atoms with E-state index >= 15 is 8.78 Å². The highest BCUT2D eigenvalue weighted by Crippen LogP contribution is 2.52. The Hall–Kier alpha value is -2.93. The maximum absolute atomic E-state index is 15.9. The number of nitriles is 1. The van der Waals surface area contributed by atoms with Gasteiger partial charge in [0.05, 0.1) is 17.1 Å². The van der Waals surface area contributed by atoms with Crippen molar-refractivity contribution in [3.05, 3.63) is 69.2 Å². The molecule has 1 aliphatic carbocycles. The molecule has 3 N–H and O–H groups in total. The van der Waals surface area contributed by atoms with Gasteiger partial charge in [0, 0.05) is 35.1 Å². The van der Waals surface area contributed by atoms with Gasteiger partial charge in [-0.05, 0) is 88.0 Å². The summed E-state index contributed by atoms with van der Waals surface area (Å²) in [6, 6.07) is 9.00. The van der Waals surface area contributed by atoms with E-state index in [0.29, 0.717) is 25.8 Å². The number of hydrogen-bond donors (Lipinski definition) is 3. The fourth-order valence-electron chi connectivity index (χ4n) is 6.90. The number of nitrogens with zero attached hydrogens (tertiary/aromatic N) is 1. The van der Waals surface area contributed by atoms with Crippen LogP contribution in [0, 0.1) is 34.3 Å². The van der Waals surface area contributed by atoms with Crippen LogP contribution in [0.25, 0.3) is 0 Å². The number of amides is 2. The van der Waals surface area contributed by atoms with E-state index in [1.54, 1.807) is 6.07 Å². The van der Waals surface area contributed by atoms with E-state index in [9.17, 15) is 14.9 Å². The van der Waals surface area contributed by atoms with Gasteiger partial charge in [-0.2, -0.15) is 5.26 Å². The number of carbonyl (C=O) groups excluding carboxylic acids is 2. The molecular formula is C35H44Cl2F2N4O3. The van der Waals surface area contributed by atoms with Crippen LogP contribution < -0.4 is 16.0 Å². The van der Waals surface area contributed by atoms with E-state index in [0.717, 1.165) is 18.9 Å². The van der Waals surface area contributed by atoms with Gasteiger partial charge < -0.3 is 20.7 Å². The van der Waals surface area contributed by atoms with Crippen molar-refractivity contribution in [1.82, 2.24) is 16.0 Å². The van der Waals surface area contributed by atoms with Crippen molar-refractivity contribution in [3.63, 3.8) is 0 Å². The first-order chi connectivity index (χ1) is 21.4. The average Bonchev–Trinajstić information content (AvgIpc) is 3.26. The van der Waals surface area contributed by atoms with Gasteiger partial charge in [0.15, 0.2) is 0 Å². The monoisotopic (exact) mass is 676 g/mol. The number of carbonyl (C=O) groups is 2. The van der Waals surface area contributed by atoms with Crippen LogP contribution in [0.5, 0.6) is 0 Å². The molecule has 46 heavy (non-hydrogen) atoms. The lowest BCUT2D eigenvalue weighted by atomic mass is 9.62. The molecule has 2 aromatic rings. The average molecular weight is 678 g/mol. The summed E-state index contributed by atoms with van der Waals surface area (Å²) in [6.45, 7) is 11.9. The molecule has 2 amide bonds. The minimum atomic E-state index is -1.68. The molecule has 0 radical (unpaired) electrons. The highest BCUT2D eigenvalue weighted by molar-refractivity contribution is 6.31. The van der Waals surface area contributed by atoms with E-state index in [-0.39, 0.29) is 38.5 Å². The summed E-state index contributed by atoms with van der Waals surface area (Å²) >= 11 is 12.3. The zero-order valence-electron chi connectivity index (χ0n) is 27.3. The van der Waals surface area contributed by atoms with Crippen LogP contribution in [0.3, 0.4) is 0 Å². The highest BCUT2D eigenvalue weighted by atomic mass is 35.5. The number of benzene rings is 2. The molecule has 1 aliphatic heterocycles. The Morgan fingerprint density at radius 2 is 1.74 bits per heavy atom. The molecule has 4 rings (SSSR count). The molecular weight excluding hydrogens is 633 g/mol. The lowest BCUT2D eigenvalue weighted by Gasteiger charge is -2.37. The Morgan fingerprint density at radius 1 is 1.07 bits per heavy atom. The second-order valence-corrected chi connectivity index (χ2v) is 15.6. The molecule has 1 saturated heterocycles. The van der Waals surface area contributed by atoms with Crippen molar-refractivity contribution in [3.8, 4) is 6.07 Å². The summed E-state index contributed by atoms with van der Waals surface area (Å²) in [6.07, 6.45) is 2.83. The van der Waals surface area contributed by atoms with Crippen molar-refractivity contribution in [1.29, 1.82) is 5.26 Å². The number of hydrogen-bond acceptors (Lipinski definition) is 5. The summed E-state index contributed by atoms with van der Waals surface area (Å²) in [7, 11) is 0. The van der Waals surface area contributed by atoms with Gasteiger partial charge in [0.1, 0.15) is 22.7 Å². The quantitative estimate of drug-likeness (QED) is 0.278. The Labute approximate surface area is 280 Å². The van der Waals surface area contributed by atoms with Gasteiger partial charge >= 0.3 is 6.09 Å². The fraction of sp³-hybridized carbons (Fsp3) is 0.571. The molecule has 0 bridgehead atoms. The summed E-state index contributed by atoms with van der Waals surface area (Å²) < 4.78 is 37.0. The van der Waals surface area contributed by atoms with Crippen LogP contribution in [0.4, 0.5) is 13.6 Å². The van der Waals surface area contributed by atoms with Crippen molar-refractivity contribution >= 4 is 35.2 Å². The molecule has 1 saturated carbocycles. The number of halogens is 4. The molecule has 2 fully saturated rings. The van der Waals surface area contributed by atoms with E-state index in [1.165, 1.54) is 24.3 Å². The first-order valence-electron chi connectivity index (χ1n) is 15.8. The van der Waals surface area contributed by atoms with Gasteiger partial charge in [0.2, 0.25) is 5.91 Å². The van der Waals surface area contributed by atoms with Crippen molar-refractivity contribution in [2.45, 2.75) is 109 Å². The largest absolute Gasteiger partial charge is 0.444 e. The second kappa shape index (κ2) is 14.0. The smallest absolute Gasteiger partial charge is 0.407 e. The summed E-state index contributed by atoms with van der Waals surface area (Å²) in [4.78, 5) is 26.3. The van der Waals surface area contributed by atoms with Gasteiger partial charge in [-0.25, -0.2) is 13.6 Å². The third-order valence-electron chi connectivity index (χ3n) is 8.86. The highest BCUT2D eigenvalue weighted by Gasteiger charge is 2.61. The van der Waals surface area contributed by atoms with Crippen LogP contribution in [-0.2, 0) is 14.9 Å². The number of alkyl carbamates (subject to hydrolysis) is 1. The van der Waals surface area contributed by atoms with E-state index in [4.69, 9.17) is 27.9 Å². The predicted octanol–water partition coefficient (Wildman–Crippen LogP) is 7.79. The van der Waals surface area contributed by atoms with Gasteiger partial charge in [-0.15, -0.1) is 0 Å². The minimum Gasteiger partial charge on any atom is -0.444 e. The van der Waals surface area contributed by atoms with Crippen LogP contribution in [-0.4, -0.2) is 42.3 Å². The van der Waals surface area contributed by atoms with Crippen LogP contribution in [0.15, 0.2) is 36.4 Å². The van der Waals surface area contributed by atoms with Crippen LogP contribution >= 0.6 is 23.2 Å². The topological polar surface area (TPSA) is 103 Å². The van der Waals surface area contributed by atoms with E-state index in [2.05, 4.69) is 22.0 Å². The van der Waals surface area contributed by atoms with Crippen molar-refractivity contribution in [2.75, 3.05) is 6.54 Å². The first kappa shape index (κ1) is 35.9. The summed E-state index contributed by atoms with van der Waals surface area (Å²) in [5, 5.41) is 20.3. The van der Waals surface area contributed by atoms with Crippen LogP contribution in [0.2, 0.25) is 10.0 Å². The van der Waals surface area contributed by atoms with E-state index in [1.807, 2.05) is 41.5 Å². The number of nitrogens with one attached hydrogen (secondary N) is 3. The minimum absolute atomic E-state index is 0.0406. The molecule has 1 heterocycles. The Bertz CT molecular complexity index is 1480. The lowest BCUT2D eigenvalue weighted by Crippen LogP contribution is -2.49. The van der Waals surface area contributed by atoms with Crippen LogP contribution in [0.1, 0.15) is 90.7 Å².